The molecule has 1 N–H and O–H groups in total. The number of carbonyl (C=O) groups excluding carboxylic acids is 2. The minimum absolute atomic E-state index is 0.261. The first-order valence-electron chi connectivity index (χ1n) is 10.6. The highest BCUT2D eigenvalue weighted by Crippen LogP contribution is 2.25. The predicted molar refractivity (Wildman–Crippen MR) is 128 cm³/mol. The van der Waals surface area contributed by atoms with Crippen molar-refractivity contribution >= 4 is 28.3 Å². The summed E-state index contributed by atoms with van der Waals surface area (Å²) in [5, 5.41) is 8.89. The van der Waals surface area contributed by atoms with E-state index in [1.807, 2.05) is 49.6 Å². The van der Waals surface area contributed by atoms with E-state index in [4.69, 9.17) is 14.0 Å². The molecule has 8 nitrogen and oxygen atoms in total. The zero-order valence-electron chi connectivity index (χ0n) is 18.9. The smallest absolute Gasteiger partial charge is 0.339 e. The van der Waals surface area contributed by atoms with Gasteiger partial charge in [-0.05, 0) is 39.0 Å². The van der Waals surface area contributed by atoms with Gasteiger partial charge in [0.2, 0.25) is 0 Å². The van der Waals surface area contributed by atoms with Gasteiger partial charge >= 0.3 is 5.97 Å². The van der Waals surface area contributed by atoms with E-state index in [2.05, 4.69) is 15.5 Å². The summed E-state index contributed by atoms with van der Waals surface area (Å²) in [6.45, 7) is 5.42. The molecule has 2 heterocycles. The second kappa shape index (κ2) is 10.3. The Morgan fingerprint density at radius 1 is 1.12 bits per heavy atom. The van der Waals surface area contributed by atoms with Gasteiger partial charge in [-0.25, -0.2) is 9.78 Å². The molecule has 0 aliphatic carbocycles. The van der Waals surface area contributed by atoms with Gasteiger partial charge in [-0.1, -0.05) is 41.6 Å². The van der Waals surface area contributed by atoms with E-state index in [0.29, 0.717) is 16.6 Å². The number of thiazole rings is 1. The molecule has 0 radical (unpaired) electrons. The monoisotopic (exact) mass is 477 g/mol. The van der Waals surface area contributed by atoms with Crippen molar-refractivity contribution in [2.24, 2.45) is 0 Å². The van der Waals surface area contributed by atoms with Crippen LogP contribution in [0.1, 0.15) is 34.3 Å². The molecule has 0 fully saturated rings. The minimum atomic E-state index is -1.01. The van der Waals surface area contributed by atoms with Gasteiger partial charge < -0.3 is 14.0 Å². The van der Waals surface area contributed by atoms with Crippen molar-refractivity contribution in [3.8, 4) is 17.0 Å². The quantitative estimate of drug-likeness (QED) is 0.349. The molecule has 0 spiro atoms. The van der Waals surface area contributed by atoms with Gasteiger partial charge in [0.15, 0.2) is 11.2 Å². The first-order valence-corrected chi connectivity index (χ1v) is 11.5. The maximum absolute atomic E-state index is 12.6. The van der Waals surface area contributed by atoms with Crippen LogP contribution in [0.3, 0.4) is 0 Å². The zero-order valence-corrected chi connectivity index (χ0v) is 19.7. The van der Waals surface area contributed by atoms with Crippen LogP contribution in [0.15, 0.2) is 64.5 Å². The third-order valence-electron chi connectivity index (χ3n) is 5.09. The van der Waals surface area contributed by atoms with Gasteiger partial charge in [-0.2, -0.15) is 0 Å². The lowest BCUT2D eigenvalue weighted by Crippen LogP contribution is -2.30. The number of esters is 1. The average Bonchev–Trinajstić information content (AvgIpc) is 3.44. The first kappa shape index (κ1) is 23.2. The molecule has 0 saturated heterocycles. The van der Waals surface area contributed by atoms with Crippen LogP contribution < -0.4 is 10.1 Å². The van der Waals surface area contributed by atoms with Gasteiger partial charge in [-0.3, -0.25) is 10.1 Å². The fourth-order valence-corrected chi connectivity index (χ4v) is 3.86. The number of hydrogen-bond donors (Lipinski definition) is 1. The Labute approximate surface area is 200 Å². The highest BCUT2D eigenvalue weighted by molar-refractivity contribution is 7.14. The molecule has 34 heavy (non-hydrogen) atoms. The Balaban J connectivity index is 1.33. The number of hydrogen-bond acceptors (Lipinski definition) is 8. The van der Waals surface area contributed by atoms with Crippen molar-refractivity contribution in [2.45, 2.75) is 33.5 Å². The van der Waals surface area contributed by atoms with Crippen LogP contribution in [-0.2, 0) is 16.1 Å². The summed E-state index contributed by atoms with van der Waals surface area (Å²) in [6, 6.07) is 16.2. The van der Waals surface area contributed by atoms with Crippen LogP contribution >= 0.6 is 11.3 Å². The fraction of sp³-hybridized carbons (Fsp3) is 0.200. The normalized spacial score (nSPS) is 11.6. The number of benzene rings is 2. The van der Waals surface area contributed by atoms with Crippen molar-refractivity contribution in [1.82, 2.24) is 10.1 Å². The van der Waals surface area contributed by atoms with Gasteiger partial charge in [-0.15, -0.1) is 11.3 Å². The molecule has 2 aromatic carbocycles. The molecule has 1 unspecified atom stereocenters. The van der Waals surface area contributed by atoms with E-state index < -0.39 is 18.0 Å². The number of carbonyl (C=O) groups is 2. The van der Waals surface area contributed by atoms with Crippen LogP contribution in [0.2, 0.25) is 0 Å². The lowest BCUT2D eigenvalue weighted by Gasteiger charge is -2.13. The predicted octanol–water partition coefficient (Wildman–Crippen LogP) is 5.18. The average molecular weight is 478 g/mol. The van der Waals surface area contributed by atoms with E-state index in [1.54, 1.807) is 24.3 Å². The number of aromatic nitrogens is 2. The minimum Gasteiger partial charge on any atom is -0.489 e. The second-order valence-corrected chi connectivity index (χ2v) is 8.42. The Kier molecular flexibility index (Phi) is 7.03. The Hall–Kier alpha value is -3.98. The highest BCUT2D eigenvalue weighted by Gasteiger charge is 2.21. The summed E-state index contributed by atoms with van der Waals surface area (Å²) in [4.78, 5) is 29.6. The number of amides is 1. The summed E-state index contributed by atoms with van der Waals surface area (Å²) >= 11 is 1.30. The maximum Gasteiger partial charge on any atom is 0.339 e. The summed E-state index contributed by atoms with van der Waals surface area (Å²) < 4.78 is 16.3. The van der Waals surface area contributed by atoms with Gasteiger partial charge in [0.05, 0.1) is 22.5 Å². The largest absolute Gasteiger partial charge is 0.489 e. The molecule has 9 heteroatoms. The second-order valence-electron chi connectivity index (χ2n) is 7.56. The van der Waals surface area contributed by atoms with Crippen LogP contribution in [-0.4, -0.2) is 28.1 Å². The third kappa shape index (κ3) is 5.49. The molecule has 2 aromatic heterocycles. The number of nitrogens with one attached hydrogen (secondary N) is 1. The summed E-state index contributed by atoms with van der Waals surface area (Å²) in [6.07, 6.45) is -1.01. The van der Waals surface area contributed by atoms with E-state index in [0.717, 1.165) is 22.5 Å². The van der Waals surface area contributed by atoms with Crippen molar-refractivity contribution < 1.29 is 23.6 Å². The highest BCUT2D eigenvalue weighted by atomic mass is 32.1. The molecular weight excluding hydrogens is 454 g/mol. The first-order chi connectivity index (χ1) is 16.4. The van der Waals surface area contributed by atoms with E-state index in [-0.39, 0.29) is 12.2 Å². The SMILES string of the molecule is Cc1noc(C)c1COc1cccc(C(=O)OC(C)C(=O)Nc2nc(-c3ccccc3)cs2)c1. The van der Waals surface area contributed by atoms with Crippen LogP contribution in [0.4, 0.5) is 5.13 Å². The molecule has 174 valence electrons. The third-order valence-corrected chi connectivity index (χ3v) is 5.85. The van der Waals surface area contributed by atoms with E-state index in [1.165, 1.54) is 18.3 Å². The van der Waals surface area contributed by atoms with Crippen molar-refractivity contribution in [1.29, 1.82) is 0 Å². The lowest BCUT2D eigenvalue weighted by atomic mass is 10.2. The molecule has 4 aromatic rings. The van der Waals surface area contributed by atoms with Gasteiger partial charge in [0.1, 0.15) is 18.1 Å². The topological polar surface area (TPSA) is 104 Å². The molecule has 0 aliphatic heterocycles. The Morgan fingerprint density at radius 2 is 1.91 bits per heavy atom. The summed E-state index contributed by atoms with van der Waals surface area (Å²) in [5.74, 6) is 0.0782. The van der Waals surface area contributed by atoms with E-state index in [9.17, 15) is 9.59 Å². The molecule has 1 atom stereocenters. The van der Waals surface area contributed by atoms with Gasteiger partial charge in [0, 0.05) is 10.9 Å². The van der Waals surface area contributed by atoms with Crippen LogP contribution in [0.5, 0.6) is 5.75 Å². The zero-order chi connectivity index (χ0) is 24.1. The number of rotatable bonds is 8. The Morgan fingerprint density at radius 3 is 2.65 bits per heavy atom. The molecule has 0 aliphatic rings. The van der Waals surface area contributed by atoms with Crippen molar-refractivity contribution in [2.75, 3.05) is 5.32 Å². The Bertz CT molecular complexity index is 1280. The fourth-order valence-electron chi connectivity index (χ4n) is 3.14. The maximum atomic E-state index is 12.6. The number of ether oxygens (including phenoxy) is 2. The van der Waals surface area contributed by atoms with E-state index >= 15 is 0 Å². The van der Waals surface area contributed by atoms with Crippen molar-refractivity contribution in [3.63, 3.8) is 0 Å². The number of anilines is 1. The van der Waals surface area contributed by atoms with Gasteiger partial charge in [0.25, 0.3) is 5.91 Å². The number of aryl methyl sites for hydroxylation is 2. The molecule has 0 bridgehead atoms. The number of nitrogens with zero attached hydrogens (tertiary/aromatic N) is 2. The molecule has 4 rings (SSSR count). The van der Waals surface area contributed by atoms with Crippen LogP contribution in [0, 0.1) is 13.8 Å². The molecule has 1 amide bonds. The molecular formula is C25H23N3O5S. The lowest BCUT2D eigenvalue weighted by molar-refractivity contribution is -0.123. The summed E-state index contributed by atoms with van der Waals surface area (Å²) in [7, 11) is 0. The summed E-state index contributed by atoms with van der Waals surface area (Å²) in [5.41, 5.74) is 3.60. The standard InChI is InChI=1S/C25H23N3O5S/c1-15-21(16(2)33-28-15)13-31-20-11-7-10-19(12-20)24(30)32-17(3)23(29)27-25-26-22(14-34-25)18-8-5-4-6-9-18/h4-12,14,17H,13H2,1-3H3,(H,26,27,29). The van der Waals surface area contributed by atoms with Crippen LogP contribution in [0.25, 0.3) is 11.3 Å². The van der Waals surface area contributed by atoms with Crippen molar-refractivity contribution in [3.05, 3.63) is 82.6 Å². The molecule has 0 saturated carbocycles.